The molecule has 1 heterocycles. The summed E-state index contributed by atoms with van der Waals surface area (Å²) in [6.45, 7) is 4.54. The zero-order chi connectivity index (χ0) is 12.1. The van der Waals surface area contributed by atoms with Gasteiger partial charge in [0.05, 0.1) is 7.11 Å². The summed E-state index contributed by atoms with van der Waals surface area (Å²) in [6, 6.07) is -0.208. The van der Waals surface area contributed by atoms with Crippen LogP contribution in [-0.2, 0) is 14.3 Å². The molecule has 92 valence electrons. The van der Waals surface area contributed by atoms with Gasteiger partial charge in [-0.1, -0.05) is 0 Å². The quantitative estimate of drug-likeness (QED) is 0.670. The smallest absolute Gasteiger partial charge is 0.328 e. The minimum absolute atomic E-state index is 0.00311. The molecule has 0 aromatic heterocycles. The van der Waals surface area contributed by atoms with Crippen LogP contribution in [-0.4, -0.2) is 37.6 Å². The number of carbonyl (C=O) groups excluding carboxylic acids is 2. The maximum atomic E-state index is 11.8. The summed E-state index contributed by atoms with van der Waals surface area (Å²) in [5.41, 5.74) is 0. The number of methoxy groups -OCH3 is 1. The molecule has 1 rings (SSSR count). The summed E-state index contributed by atoms with van der Waals surface area (Å²) in [7, 11) is 1.32. The average Bonchev–Trinajstić information content (AvgIpc) is 2.27. The van der Waals surface area contributed by atoms with E-state index >= 15 is 0 Å². The summed E-state index contributed by atoms with van der Waals surface area (Å²) in [5, 5.41) is 5.96. The molecule has 1 amide bonds. The van der Waals surface area contributed by atoms with E-state index in [1.54, 1.807) is 6.92 Å². The number of hydrogen-bond donors (Lipinski definition) is 2. The van der Waals surface area contributed by atoms with E-state index in [1.165, 1.54) is 7.11 Å². The van der Waals surface area contributed by atoms with Gasteiger partial charge < -0.3 is 15.4 Å². The normalized spacial score (nSPS) is 26.9. The van der Waals surface area contributed by atoms with Gasteiger partial charge in [0.1, 0.15) is 6.04 Å². The Hall–Kier alpha value is -1.10. The summed E-state index contributed by atoms with van der Waals surface area (Å²) in [5.74, 6) is -0.454. The van der Waals surface area contributed by atoms with Crippen molar-refractivity contribution in [2.24, 2.45) is 5.92 Å². The molecule has 1 aliphatic rings. The van der Waals surface area contributed by atoms with Crippen molar-refractivity contribution in [3.8, 4) is 0 Å². The summed E-state index contributed by atoms with van der Waals surface area (Å²) >= 11 is 0. The first-order valence-corrected chi connectivity index (χ1v) is 5.66. The molecule has 5 heteroatoms. The lowest BCUT2D eigenvalue weighted by Crippen LogP contribution is -2.46. The van der Waals surface area contributed by atoms with Gasteiger partial charge in [-0.05, 0) is 33.2 Å². The van der Waals surface area contributed by atoms with Gasteiger partial charge in [-0.3, -0.25) is 4.79 Å². The van der Waals surface area contributed by atoms with Crippen LogP contribution in [0.5, 0.6) is 0 Å². The zero-order valence-electron chi connectivity index (χ0n) is 10.1. The largest absolute Gasteiger partial charge is 0.467 e. The van der Waals surface area contributed by atoms with Crippen LogP contribution < -0.4 is 10.6 Å². The molecule has 16 heavy (non-hydrogen) atoms. The predicted molar refractivity (Wildman–Crippen MR) is 59.8 cm³/mol. The molecular formula is C11H20N2O3. The van der Waals surface area contributed by atoms with Crippen LogP contribution in [0.4, 0.5) is 0 Å². The number of rotatable bonds is 3. The molecule has 0 aromatic rings. The van der Waals surface area contributed by atoms with Gasteiger partial charge in [-0.15, -0.1) is 0 Å². The van der Waals surface area contributed by atoms with Gasteiger partial charge in [-0.25, -0.2) is 4.79 Å². The zero-order valence-corrected chi connectivity index (χ0v) is 10.1. The van der Waals surface area contributed by atoms with Crippen molar-refractivity contribution in [1.82, 2.24) is 10.6 Å². The number of carbonyl (C=O) groups is 2. The van der Waals surface area contributed by atoms with Gasteiger partial charge in [0, 0.05) is 12.0 Å². The van der Waals surface area contributed by atoms with Crippen LogP contribution >= 0.6 is 0 Å². The maximum absolute atomic E-state index is 11.8. The molecule has 3 unspecified atom stereocenters. The van der Waals surface area contributed by atoms with E-state index < -0.39 is 12.0 Å². The van der Waals surface area contributed by atoms with Gasteiger partial charge >= 0.3 is 5.97 Å². The first-order chi connectivity index (χ1) is 7.54. The van der Waals surface area contributed by atoms with Crippen molar-refractivity contribution < 1.29 is 14.3 Å². The Kier molecular flexibility index (Phi) is 4.73. The molecule has 0 spiro atoms. The molecule has 2 N–H and O–H groups in total. The molecule has 3 atom stereocenters. The summed E-state index contributed by atoms with van der Waals surface area (Å²) < 4.78 is 4.56. The Morgan fingerprint density at radius 3 is 2.75 bits per heavy atom. The van der Waals surface area contributed by atoms with E-state index in [2.05, 4.69) is 22.3 Å². The Balaban J connectivity index is 2.42. The summed E-state index contributed by atoms with van der Waals surface area (Å²) in [4.78, 5) is 23.0. The van der Waals surface area contributed by atoms with Crippen molar-refractivity contribution in [2.45, 2.75) is 38.8 Å². The molecule has 5 nitrogen and oxygen atoms in total. The molecule has 1 aliphatic heterocycles. The highest BCUT2D eigenvalue weighted by Crippen LogP contribution is 2.16. The van der Waals surface area contributed by atoms with Crippen molar-refractivity contribution in [3.63, 3.8) is 0 Å². The average molecular weight is 228 g/mol. The van der Waals surface area contributed by atoms with E-state index in [0.717, 1.165) is 19.4 Å². The third kappa shape index (κ3) is 3.48. The van der Waals surface area contributed by atoms with Crippen LogP contribution in [0, 0.1) is 5.92 Å². The first-order valence-electron chi connectivity index (χ1n) is 5.66. The Morgan fingerprint density at radius 1 is 1.50 bits per heavy atom. The Morgan fingerprint density at radius 2 is 2.19 bits per heavy atom. The molecule has 1 fully saturated rings. The lowest BCUT2D eigenvalue weighted by atomic mass is 9.92. The van der Waals surface area contributed by atoms with Gasteiger partial charge in [0.25, 0.3) is 0 Å². The van der Waals surface area contributed by atoms with Gasteiger partial charge in [0.2, 0.25) is 5.91 Å². The third-order valence-corrected chi connectivity index (χ3v) is 2.91. The second kappa shape index (κ2) is 5.84. The number of ether oxygens (including phenoxy) is 1. The van der Waals surface area contributed by atoms with Crippen LogP contribution in [0.3, 0.4) is 0 Å². The minimum Gasteiger partial charge on any atom is -0.467 e. The summed E-state index contributed by atoms with van der Waals surface area (Å²) in [6.07, 6.45) is 1.64. The lowest BCUT2D eigenvalue weighted by molar-refractivity contribution is -0.145. The lowest BCUT2D eigenvalue weighted by Gasteiger charge is -2.27. The number of nitrogens with one attached hydrogen (secondary N) is 2. The number of amides is 1. The van der Waals surface area contributed by atoms with Crippen LogP contribution in [0.2, 0.25) is 0 Å². The van der Waals surface area contributed by atoms with E-state index in [0.29, 0.717) is 6.04 Å². The fraction of sp³-hybridized carbons (Fsp3) is 0.818. The second-order valence-corrected chi connectivity index (χ2v) is 4.33. The molecule has 1 saturated heterocycles. The van der Waals surface area contributed by atoms with Gasteiger partial charge in [-0.2, -0.15) is 0 Å². The first kappa shape index (κ1) is 13.0. The number of hydrogen-bond acceptors (Lipinski definition) is 4. The predicted octanol–water partition coefficient (Wildman–Crippen LogP) is 0.0522. The monoisotopic (exact) mass is 228 g/mol. The van der Waals surface area contributed by atoms with E-state index in [4.69, 9.17) is 0 Å². The molecular weight excluding hydrogens is 208 g/mol. The van der Waals surface area contributed by atoms with Crippen molar-refractivity contribution in [3.05, 3.63) is 0 Å². The van der Waals surface area contributed by atoms with Crippen molar-refractivity contribution in [2.75, 3.05) is 13.7 Å². The third-order valence-electron chi connectivity index (χ3n) is 2.91. The fourth-order valence-electron chi connectivity index (χ4n) is 1.94. The molecule has 0 aromatic carbocycles. The van der Waals surface area contributed by atoms with Crippen LogP contribution in [0.1, 0.15) is 26.7 Å². The van der Waals surface area contributed by atoms with E-state index in [-0.39, 0.29) is 11.8 Å². The van der Waals surface area contributed by atoms with Gasteiger partial charge in [0.15, 0.2) is 0 Å². The highest BCUT2D eigenvalue weighted by Gasteiger charge is 2.26. The second-order valence-electron chi connectivity index (χ2n) is 4.33. The van der Waals surface area contributed by atoms with Crippen LogP contribution in [0.15, 0.2) is 0 Å². The van der Waals surface area contributed by atoms with E-state index in [9.17, 15) is 9.59 Å². The molecule has 0 saturated carbocycles. The standard InChI is InChI=1S/C11H20N2O3/c1-7-6-9(4-5-12-7)10(14)13-8(2)11(15)16-3/h7-9,12H,4-6H2,1-3H3,(H,13,14). The highest BCUT2D eigenvalue weighted by atomic mass is 16.5. The molecule has 0 radical (unpaired) electrons. The minimum atomic E-state index is -0.567. The fourth-order valence-corrected chi connectivity index (χ4v) is 1.94. The van der Waals surface area contributed by atoms with E-state index in [1.807, 2.05) is 0 Å². The molecule has 0 bridgehead atoms. The topological polar surface area (TPSA) is 67.4 Å². The number of piperidine rings is 1. The highest BCUT2D eigenvalue weighted by molar-refractivity contribution is 5.85. The van der Waals surface area contributed by atoms with Crippen molar-refractivity contribution in [1.29, 1.82) is 0 Å². The SMILES string of the molecule is COC(=O)C(C)NC(=O)C1CCNC(C)C1. The number of esters is 1. The Bertz CT molecular complexity index is 268. The molecule has 0 aliphatic carbocycles. The maximum Gasteiger partial charge on any atom is 0.328 e. The van der Waals surface area contributed by atoms with Crippen molar-refractivity contribution >= 4 is 11.9 Å². The van der Waals surface area contributed by atoms with Crippen LogP contribution in [0.25, 0.3) is 0 Å². The Labute approximate surface area is 95.9 Å².